The van der Waals surface area contributed by atoms with Gasteiger partial charge in [0.2, 0.25) is 5.91 Å². The second kappa shape index (κ2) is 6.08. The number of aryl methyl sites for hydroxylation is 1. The van der Waals surface area contributed by atoms with Crippen molar-refractivity contribution in [3.63, 3.8) is 0 Å². The Bertz CT molecular complexity index is 625. The van der Waals surface area contributed by atoms with E-state index in [0.717, 1.165) is 17.2 Å². The molecule has 0 spiro atoms. The molecule has 2 aromatic rings. The molecule has 0 fully saturated rings. The smallest absolute Gasteiger partial charge is 0.220 e. The van der Waals surface area contributed by atoms with E-state index in [1.54, 1.807) is 12.4 Å². The SMILES string of the molecule is Cc1nccn1-c1cc(CNC(=O)CC(C)(C)C)ccn1. The molecule has 2 heterocycles. The van der Waals surface area contributed by atoms with Crippen LogP contribution in [0.25, 0.3) is 5.82 Å². The van der Waals surface area contributed by atoms with E-state index in [9.17, 15) is 4.79 Å². The molecule has 5 nitrogen and oxygen atoms in total. The van der Waals surface area contributed by atoms with Crippen molar-refractivity contribution in [1.29, 1.82) is 0 Å². The minimum Gasteiger partial charge on any atom is -0.352 e. The average molecular weight is 286 g/mol. The highest BCUT2D eigenvalue weighted by atomic mass is 16.1. The van der Waals surface area contributed by atoms with Gasteiger partial charge in [0, 0.05) is 31.6 Å². The second-order valence-electron chi connectivity index (χ2n) is 6.38. The van der Waals surface area contributed by atoms with Crippen LogP contribution in [0.5, 0.6) is 0 Å². The first kappa shape index (κ1) is 15.2. The van der Waals surface area contributed by atoms with Gasteiger partial charge in [-0.15, -0.1) is 0 Å². The Labute approximate surface area is 125 Å². The zero-order valence-corrected chi connectivity index (χ0v) is 13.1. The van der Waals surface area contributed by atoms with Crippen LogP contribution in [0.15, 0.2) is 30.7 Å². The summed E-state index contributed by atoms with van der Waals surface area (Å²) in [5.41, 5.74) is 1.02. The van der Waals surface area contributed by atoms with Gasteiger partial charge in [-0.25, -0.2) is 9.97 Å². The summed E-state index contributed by atoms with van der Waals surface area (Å²) in [5.74, 6) is 1.77. The maximum absolute atomic E-state index is 11.9. The molecule has 0 aliphatic carbocycles. The van der Waals surface area contributed by atoms with Gasteiger partial charge in [0.25, 0.3) is 0 Å². The number of rotatable bonds is 4. The Kier molecular flexibility index (Phi) is 4.40. The molecule has 112 valence electrons. The third-order valence-electron chi connectivity index (χ3n) is 3.06. The van der Waals surface area contributed by atoms with Crippen molar-refractivity contribution in [3.8, 4) is 5.82 Å². The molecule has 0 saturated carbocycles. The highest BCUT2D eigenvalue weighted by Crippen LogP contribution is 2.18. The largest absolute Gasteiger partial charge is 0.352 e. The summed E-state index contributed by atoms with van der Waals surface area (Å²) in [4.78, 5) is 20.4. The van der Waals surface area contributed by atoms with Crippen LogP contribution in [0.2, 0.25) is 0 Å². The molecule has 2 rings (SSSR count). The fourth-order valence-electron chi connectivity index (χ4n) is 2.07. The van der Waals surface area contributed by atoms with Gasteiger partial charge >= 0.3 is 0 Å². The minimum absolute atomic E-state index is 0.00140. The van der Waals surface area contributed by atoms with E-state index < -0.39 is 0 Å². The van der Waals surface area contributed by atoms with Gasteiger partial charge in [-0.1, -0.05) is 20.8 Å². The van der Waals surface area contributed by atoms with Gasteiger partial charge in [-0.2, -0.15) is 0 Å². The van der Waals surface area contributed by atoms with Crippen LogP contribution in [0.1, 0.15) is 38.6 Å². The molecule has 0 radical (unpaired) electrons. The molecule has 21 heavy (non-hydrogen) atoms. The number of carbonyl (C=O) groups is 1. The molecule has 5 heteroatoms. The standard InChI is InChI=1S/C16H22N4O/c1-12-17-7-8-20(12)14-9-13(5-6-18-14)11-19-15(21)10-16(2,3)4/h5-9H,10-11H2,1-4H3,(H,19,21). The van der Waals surface area contributed by atoms with E-state index in [-0.39, 0.29) is 11.3 Å². The van der Waals surface area contributed by atoms with Crippen molar-refractivity contribution < 1.29 is 4.79 Å². The van der Waals surface area contributed by atoms with E-state index >= 15 is 0 Å². The lowest BCUT2D eigenvalue weighted by molar-refractivity contribution is -0.122. The Morgan fingerprint density at radius 2 is 2.05 bits per heavy atom. The molecule has 0 aromatic carbocycles. The maximum Gasteiger partial charge on any atom is 0.220 e. The summed E-state index contributed by atoms with van der Waals surface area (Å²) in [7, 11) is 0. The molecule has 0 bridgehead atoms. The van der Waals surface area contributed by atoms with Crippen LogP contribution in [0.4, 0.5) is 0 Å². The van der Waals surface area contributed by atoms with Crippen LogP contribution in [-0.4, -0.2) is 20.4 Å². The number of nitrogens with zero attached hydrogens (tertiary/aromatic N) is 3. The monoisotopic (exact) mass is 286 g/mol. The predicted octanol–water partition coefficient (Wildman–Crippen LogP) is 2.63. The average Bonchev–Trinajstić information content (AvgIpc) is 2.81. The van der Waals surface area contributed by atoms with Crippen LogP contribution in [0.3, 0.4) is 0 Å². The molecule has 1 amide bonds. The fourth-order valence-corrected chi connectivity index (χ4v) is 2.07. The summed E-state index contributed by atoms with van der Waals surface area (Å²) in [5, 5.41) is 2.95. The zero-order chi connectivity index (χ0) is 15.5. The van der Waals surface area contributed by atoms with Gasteiger partial charge in [-0.3, -0.25) is 9.36 Å². The fraction of sp³-hybridized carbons (Fsp3) is 0.438. The van der Waals surface area contributed by atoms with Crippen molar-refractivity contribution in [2.45, 2.75) is 40.7 Å². The number of amides is 1. The number of nitrogens with one attached hydrogen (secondary N) is 1. The molecular weight excluding hydrogens is 264 g/mol. The molecule has 0 unspecified atom stereocenters. The van der Waals surface area contributed by atoms with Crippen molar-refractivity contribution in [2.75, 3.05) is 0 Å². The summed E-state index contributed by atoms with van der Waals surface area (Å²) < 4.78 is 1.92. The van der Waals surface area contributed by atoms with E-state index in [1.807, 2.05) is 29.8 Å². The number of aromatic nitrogens is 3. The Balaban J connectivity index is 2.02. The summed E-state index contributed by atoms with van der Waals surface area (Å²) in [6.07, 6.45) is 5.89. The van der Waals surface area contributed by atoms with E-state index in [0.29, 0.717) is 13.0 Å². The third-order valence-corrected chi connectivity index (χ3v) is 3.06. The highest BCUT2D eigenvalue weighted by Gasteiger charge is 2.15. The first-order chi connectivity index (χ1) is 9.85. The molecule has 0 saturated heterocycles. The lowest BCUT2D eigenvalue weighted by Gasteiger charge is -2.17. The Morgan fingerprint density at radius 3 is 2.67 bits per heavy atom. The highest BCUT2D eigenvalue weighted by molar-refractivity contribution is 5.76. The van der Waals surface area contributed by atoms with Crippen LogP contribution in [-0.2, 0) is 11.3 Å². The number of carbonyl (C=O) groups excluding carboxylic acids is 1. The van der Waals surface area contributed by atoms with Gasteiger partial charge in [0.05, 0.1) is 0 Å². The van der Waals surface area contributed by atoms with Crippen molar-refractivity contribution in [1.82, 2.24) is 19.9 Å². The van der Waals surface area contributed by atoms with Gasteiger partial charge < -0.3 is 5.32 Å². The first-order valence-electron chi connectivity index (χ1n) is 7.07. The van der Waals surface area contributed by atoms with E-state index in [4.69, 9.17) is 0 Å². The van der Waals surface area contributed by atoms with E-state index in [2.05, 4.69) is 36.1 Å². The predicted molar refractivity (Wildman–Crippen MR) is 82.0 cm³/mol. The van der Waals surface area contributed by atoms with Gasteiger partial charge in [0.15, 0.2) is 0 Å². The number of hydrogen-bond acceptors (Lipinski definition) is 3. The first-order valence-corrected chi connectivity index (χ1v) is 7.07. The topological polar surface area (TPSA) is 59.8 Å². The second-order valence-corrected chi connectivity index (χ2v) is 6.38. The molecule has 0 atom stereocenters. The van der Waals surface area contributed by atoms with Crippen molar-refractivity contribution in [2.24, 2.45) is 5.41 Å². The quantitative estimate of drug-likeness (QED) is 0.940. The van der Waals surface area contributed by atoms with Gasteiger partial charge in [0.1, 0.15) is 11.6 Å². The Morgan fingerprint density at radius 1 is 1.29 bits per heavy atom. The van der Waals surface area contributed by atoms with Crippen molar-refractivity contribution >= 4 is 5.91 Å². The molecule has 0 aliphatic heterocycles. The summed E-state index contributed by atoms with van der Waals surface area (Å²) in [6.45, 7) is 8.61. The number of hydrogen-bond donors (Lipinski definition) is 1. The normalized spacial score (nSPS) is 11.4. The van der Waals surface area contributed by atoms with Crippen LogP contribution in [0, 0.1) is 12.3 Å². The Hall–Kier alpha value is -2.17. The van der Waals surface area contributed by atoms with Crippen LogP contribution < -0.4 is 5.32 Å². The number of pyridine rings is 1. The summed E-state index contributed by atoms with van der Waals surface area (Å²) in [6, 6.07) is 3.87. The summed E-state index contributed by atoms with van der Waals surface area (Å²) >= 11 is 0. The maximum atomic E-state index is 11.9. The van der Waals surface area contributed by atoms with E-state index in [1.165, 1.54) is 0 Å². The molecule has 0 aliphatic rings. The lowest BCUT2D eigenvalue weighted by Crippen LogP contribution is -2.27. The molecule has 2 aromatic heterocycles. The lowest BCUT2D eigenvalue weighted by atomic mass is 9.92. The van der Waals surface area contributed by atoms with Crippen molar-refractivity contribution in [3.05, 3.63) is 42.1 Å². The molecule has 1 N–H and O–H groups in total. The number of imidazole rings is 1. The van der Waals surface area contributed by atoms with Gasteiger partial charge in [-0.05, 0) is 30.0 Å². The minimum atomic E-state index is 0.00140. The van der Waals surface area contributed by atoms with Crippen LogP contribution >= 0.6 is 0 Å². The molecular formula is C16H22N4O. The third kappa shape index (κ3) is 4.41. The zero-order valence-electron chi connectivity index (χ0n) is 13.1.